The minimum atomic E-state index is -0.868. The van der Waals surface area contributed by atoms with Gasteiger partial charge in [0.05, 0.1) is 12.1 Å². The highest BCUT2D eigenvalue weighted by Gasteiger charge is 2.21. The Morgan fingerprint density at radius 2 is 2.14 bits per heavy atom. The molecule has 2 rings (SSSR count). The van der Waals surface area contributed by atoms with Crippen LogP contribution in [0.2, 0.25) is 0 Å². The second-order valence-corrected chi connectivity index (χ2v) is 5.60. The molecular weight excluding hydrogens is 272 g/mol. The van der Waals surface area contributed by atoms with Crippen molar-refractivity contribution >= 4 is 11.9 Å². The van der Waals surface area contributed by atoms with E-state index in [0.717, 1.165) is 12.8 Å². The summed E-state index contributed by atoms with van der Waals surface area (Å²) in [7, 11) is 0. The van der Waals surface area contributed by atoms with Gasteiger partial charge in [-0.05, 0) is 19.8 Å². The number of aliphatic carboxylic acids is 1. The van der Waals surface area contributed by atoms with Gasteiger partial charge in [0, 0.05) is 18.7 Å². The van der Waals surface area contributed by atoms with E-state index in [-0.39, 0.29) is 18.4 Å². The first kappa shape index (κ1) is 15.5. The normalized spacial score (nSPS) is 17.4. The molecule has 0 bridgehead atoms. The van der Waals surface area contributed by atoms with E-state index in [0.29, 0.717) is 12.1 Å². The van der Waals surface area contributed by atoms with Gasteiger partial charge in [-0.1, -0.05) is 24.5 Å². The molecule has 1 amide bonds. The summed E-state index contributed by atoms with van der Waals surface area (Å²) in [5.74, 6) is -0.927. The van der Waals surface area contributed by atoms with Gasteiger partial charge in [-0.25, -0.2) is 4.68 Å². The smallest absolute Gasteiger partial charge is 0.303 e. The molecule has 1 fully saturated rings. The third kappa shape index (κ3) is 4.54. The summed E-state index contributed by atoms with van der Waals surface area (Å²) < 4.78 is 1.50. The van der Waals surface area contributed by atoms with Gasteiger partial charge in [0.25, 0.3) is 0 Å². The number of carbonyl (C=O) groups is 2. The van der Waals surface area contributed by atoms with E-state index in [9.17, 15) is 9.59 Å². The monoisotopic (exact) mass is 294 g/mol. The fourth-order valence-corrected chi connectivity index (χ4v) is 2.54. The Balaban J connectivity index is 1.87. The minimum Gasteiger partial charge on any atom is -0.481 e. The van der Waals surface area contributed by atoms with E-state index in [4.69, 9.17) is 5.11 Å². The van der Waals surface area contributed by atoms with Gasteiger partial charge in [-0.3, -0.25) is 9.59 Å². The molecule has 1 saturated carbocycles. The van der Waals surface area contributed by atoms with Gasteiger partial charge in [-0.15, -0.1) is 5.10 Å². The van der Waals surface area contributed by atoms with Crippen LogP contribution in [-0.4, -0.2) is 38.0 Å². The second kappa shape index (κ2) is 7.19. The summed E-state index contributed by atoms with van der Waals surface area (Å²) in [6, 6.07) is -0.165. The van der Waals surface area contributed by atoms with E-state index in [1.807, 2.05) is 0 Å². The number of carboxylic acid groups (broad SMARTS) is 1. The van der Waals surface area contributed by atoms with Crippen LogP contribution in [0.5, 0.6) is 0 Å². The third-order valence-corrected chi connectivity index (χ3v) is 3.88. The molecule has 0 aliphatic heterocycles. The zero-order valence-corrected chi connectivity index (χ0v) is 12.3. The summed E-state index contributed by atoms with van der Waals surface area (Å²) >= 11 is 0. The Kier molecular flexibility index (Phi) is 5.30. The lowest BCUT2D eigenvalue weighted by Crippen LogP contribution is -2.40. The maximum atomic E-state index is 12.2. The molecule has 0 radical (unpaired) electrons. The molecule has 116 valence electrons. The molecule has 1 aromatic rings. The van der Waals surface area contributed by atoms with Crippen LogP contribution in [0, 0.1) is 0 Å². The molecule has 0 aromatic carbocycles. The van der Waals surface area contributed by atoms with Crippen molar-refractivity contribution in [3.63, 3.8) is 0 Å². The van der Waals surface area contributed by atoms with Crippen molar-refractivity contribution in [1.29, 1.82) is 0 Å². The number of carboxylic acids is 1. The number of amides is 1. The maximum Gasteiger partial charge on any atom is 0.303 e. The molecule has 1 aromatic heterocycles. The van der Waals surface area contributed by atoms with Gasteiger partial charge in [0.1, 0.15) is 6.04 Å². The summed E-state index contributed by atoms with van der Waals surface area (Å²) in [5, 5.41) is 19.5. The Bertz CT molecular complexity index is 494. The molecule has 1 heterocycles. The number of hydrogen-bond donors (Lipinski definition) is 2. The number of nitrogens with one attached hydrogen (secondary N) is 1. The number of rotatable bonds is 6. The number of carbonyl (C=O) groups excluding carboxylic acids is 1. The van der Waals surface area contributed by atoms with E-state index in [1.54, 1.807) is 13.1 Å². The number of nitrogens with zero attached hydrogens (tertiary/aromatic N) is 3. The van der Waals surface area contributed by atoms with Crippen molar-refractivity contribution in [3.8, 4) is 0 Å². The van der Waals surface area contributed by atoms with Crippen molar-refractivity contribution in [1.82, 2.24) is 20.3 Å². The third-order valence-electron chi connectivity index (χ3n) is 3.88. The van der Waals surface area contributed by atoms with Crippen molar-refractivity contribution in [2.75, 3.05) is 0 Å². The SMILES string of the molecule is CC(C(=O)NC1CCCCC1)n1cc(CCC(=O)O)nn1. The molecule has 2 N–H and O–H groups in total. The highest BCUT2D eigenvalue weighted by atomic mass is 16.4. The highest BCUT2D eigenvalue weighted by Crippen LogP contribution is 2.18. The van der Waals surface area contributed by atoms with E-state index in [1.165, 1.54) is 23.9 Å². The fourth-order valence-electron chi connectivity index (χ4n) is 2.54. The van der Waals surface area contributed by atoms with E-state index >= 15 is 0 Å². The van der Waals surface area contributed by atoms with Gasteiger partial charge in [0.15, 0.2) is 0 Å². The van der Waals surface area contributed by atoms with Crippen LogP contribution in [-0.2, 0) is 16.0 Å². The Morgan fingerprint density at radius 3 is 2.81 bits per heavy atom. The first-order valence-corrected chi connectivity index (χ1v) is 7.49. The van der Waals surface area contributed by atoms with Gasteiger partial charge < -0.3 is 10.4 Å². The van der Waals surface area contributed by atoms with Crippen LogP contribution < -0.4 is 5.32 Å². The average molecular weight is 294 g/mol. The van der Waals surface area contributed by atoms with Crippen LogP contribution in [0.3, 0.4) is 0 Å². The molecule has 7 nitrogen and oxygen atoms in total. The van der Waals surface area contributed by atoms with Crippen molar-refractivity contribution in [3.05, 3.63) is 11.9 Å². The zero-order valence-electron chi connectivity index (χ0n) is 12.3. The zero-order chi connectivity index (χ0) is 15.2. The Morgan fingerprint density at radius 1 is 1.43 bits per heavy atom. The topological polar surface area (TPSA) is 97.1 Å². The summed E-state index contributed by atoms with van der Waals surface area (Å²) in [6.45, 7) is 1.77. The van der Waals surface area contributed by atoms with Gasteiger partial charge >= 0.3 is 5.97 Å². The fraction of sp³-hybridized carbons (Fsp3) is 0.714. The lowest BCUT2D eigenvalue weighted by molar-refractivity contribution is -0.137. The lowest BCUT2D eigenvalue weighted by Gasteiger charge is -2.24. The molecule has 1 aliphatic rings. The van der Waals surface area contributed by atoms with E-state index < -0.39 is 12.0 Å². The van der Waals surface area contributed by atoms with Crippen molar-refractivity contribution < 1.29 is 14.7 Å². The predicted molar refractivity (Wildman–Crippen MR) is 75.7 cm³/mol. The van der Waals surface area contributed by atoms with Crippen LogP contribution >= 0.6 is 0 Å². The molecule has 21 heavy (non-hydrogen) atoms. The van der Waals surface area contributed by atoms with Crippen LogP contribution in [0.4, 0.5) is 0 Å². The van der Waals surface area contributed by atoms with Crippen molar-refractivity contribution in [2.45, 2.75) is 64.0 Å². The first-order valence-electron chi connectivity index (χ1n) is 7.49. The number of aromatic nitrogens is 3. The second-order valence-electron chi connectivity index (χ2n) is 5.60. The Labute approximate surface area is 123 Å². The standard InChI is InChI=1S/C14H22N4O3/c1-10(14(21)15-11-5-3-2-4-6-11)18-9-12(16-17-18)7-8-13(19)20/h9-11H,2-8H2,1H3,(H,15,21)(H,19,20). The molecule has 0 spiro atoms. The van der Waals surface area contributed by atoms with Crippen LogP contribution in [0.25, 0.3) is 0 Å². The van der Waals surface area contributed by atoms with Crippen molar-refractivity contribution in [2.24, 2.45) is 0 Å². The van der Waals surface area contributed by atoms with Crippen LogP contribution in [0.15, 0.2) is 6.20 Å². The maximum absolute atomic E-state index is 12.2. The minimum absolute atomic E-state index is 0.0152. The van der Waals surface area contributed by atoms with Crippen LogP contribution in [0.1, 0.15) is 57.2 Å². The summed E-state index contributed by atoms with van der Waals surface area (Å²) in [4.78, 5) is 22.7. The first-order chi connectivity index (χ1) is 10.1. The molecule has 7 heteroatoms. The quantitative estimate of drug-likeness (QED) is 0.824. The Hall–Kier alpha value is -1.92. The molecular formula is C14H22N4O3. The molecule has 1 aliphatic carbocycles. The predicted octanol–water partition coefficient (Wildman–Crippen LogP) is 1.31. The lowest BCUT2D eigenvalue weighted by atomic mass is 9.95. The molecule has 0 saturated heterocycles. The summed E-state index contributed by atoms with van der Waals surface area (Å²) in [5.41, 5.74) is 0.592. The van der Waals surface area contributed by atoms with Gasteiger partial charge in [0.2, 0.25) is 5.91 Å². The largest absolute Gasteiger partial charge is 0.481 e. The molecule has 1 atom stereocenters. The summed E-state index contributed by atoms with van der Waals surface area (Å²) in [6.07, 6.45) is 7.66. The number of hydrogen-bond acceptors (Lipinski definition) is 4. The molecule has 1 unspecified atom stereocenters. The number of aryl methyl sites for hydroxylation is 1. The van der Waals surface area contributed by atoms with Gasteiger partial charge in [-0.2, -0.15) is 0 Å². The highest BCUT2D eigenvalue weighted by molar-refractivity contribution is 5.80. The average Bonchev–Trinajstić information content (AvgIpc) is 2.94. The van der Waals surface area contributed by atoms with E-state index in [2.05, 4.69) is 15.6 Å².